The molecule has 146 valence electrons. The highest BCUT2D eigenvalue weighted by Crippen LogP contribution is 2.24. The second-order valence-corrected chi connectivity index (χ2v) is 9.74. The van der Waals surface area contributed by atoms with E-state index >= 15 is 0 Å². The van der Waals surface area contributed by atoms with E-state index in [0.717, 1.165) is 30.2 Å². The van der Waals surface area contributed by atoms with E-state index in [1.54, 1.807) is 42.9 Å². The van der Waals surface area contributed by atoms with Gasteiger partial charge >= 0.3 is 0 Å². The average molecular weight is 409 g/mol. The van der Waals surface area contributed by atoms with Gasteiger partial charge in [-0.2, -0.15) is 11.8 Å². The number of carbonyl (C=O) groups excluding carboxylic acids is 1. The number of amides is 1. The number of nitrogens with one attached hydrogen (secondary N) is 1. The Kier molecular flexibility index (Phi) is 6.98. The van der Waals surface area contributed by atoms with Crippen molar-refractivity contribution < 1.29 is 17.6 Å². The summed E-state index contributed by atoms with van der Waals surface area (Å²) in [7, 11) is -3.45. The number of sulfone groups is 1. The predicted molar refractivity (Wildman–Crippen MR) is 106 cm³/mol. The zero-order chi connectivity index (χ0) is 19.1. The van der Waals surface area contributed by atoms with Crippen molar-refractivity contribution in [1.29, 1.82) is 0 Å². The molecule has 1 N–H and O–H groups in total. The Morgan fingerprint density at radius 3 is 2.59 bits per heavy atom. The van der Waals surface area contributed by atoms with E-state index in [-0.39, 0.29) is 29.0 Å². The Labute approximate surface area is 164 Å². The quantitative estimate of drug-likeness (QED) is 0.722. The summed E-state index contributed by atoms with van der Waals surface area (Å²) < 4.78 is 29.8. The first kappa shape index (κ1) is 20.0. The lowest BCUT2D eigenvalue weighted by molar-refractivity contribution is -0.121. The van der Waals surface area contributed by atoms with Crippen LogP contribution in [0.25, 0.3) is 0 Å². The number of benzene rings is 1. The normalized spacial score (nSPS) is 16.7. The third kappa shape index (κ3) is 5.60. The highest BCUT2D eigenvalue weighted by molar-refractivity contribution is 7.99. The van der Waals surface area contributed by atoms with Gasteiger partial charge in [0.1, 0.15) is 0 Å². The number of nitrogens with zero attached hydrogens (tertiary/aromatic N) is 1. The molecule has 0 spiro atoms. The first-order valence-corrected chi connectivity index (χ1v) is 11.8. The van der Waals surface area contributed by atoms with Crippen LogP contribution in [0.1, 0.15) is 18.0 Å². The van der Waals surface area contributed by atoms with Crippen molar-refractivity contribution in [2.24, 2.45) is 0 Å². The van der Waals surface area contributed by atoms with E-state index in [9.17, 15) is 13.2 Å². The van der Waals surface area contributed by atoms with Crippen molar-refractivity contribution in [3.63, 3.8) is 0 Å². The average Bonchev–Trinajstić information content (AvgIpc) is 3.23. The second kappa shape index (κ2) is 9.43. The summed E-state index contributed by atoms with van der Waals surface area (Å²) in [5.41, 5.74) is 1.03. The molecule has 0 radical (unpaired) electrons. The van der Waals surface area contributed by atoms with Crippen LogP contribution in [0.5, 0.6) is 0 Å². The summed E-state index contributed by atoms with van der Waals surface area (Å²) in [5, 5.41) is 2.90. The van der Waals surface area contributed by atoms with Crippen LogP contribution in [0.3, 0.4) is 0 Å². The van der Waals surface area contributed by atoms with Gasteiger partial charge in [0.05, 0.1) is 29.2 Å². The number of rotatable bonds is 8. The zero-order valence-corrected chi connectivity index (χ0v) is 16.7. The second-order valence-electron chi connectivity index (χ2n) is 6.41. The zero-order valence-electron chi connectivity index (χ0n) is 15.0. The molecule has 27 heavy (non-hydrogen) atoms. The highest BCUT2D eigenvalue weighted by atomic mass is 32.2. The van der Waals surface area contributed by atoms with E-state index in [4.69, 9.17) is 4.42 Å². The fourth-order valence-corrected chi connectivity index (χ4v) is 5.28. The van der Waals surface area contributed by atoms with Crippen molar-refractivity contribution >= 4 is 27.5 Å². The third-order valence-electron chi connectivity index (χ3n) is 4.61. The lowest BCUT2D eigenvalue weighted by atomic mass is 10.1. The highest BCUT2D eigenvalue weighted by Gasteiger charge is 2.24. The molecule has 6 nitrogen and oxygen atoms in total. The van der Waals surface area contributed by atoms with Crippen LogP contribution < -0.4 is 5.32 Å². The Balaban J connectivity index is 1.55. The molecule has 2 aromatic rings. The van der Waals surface area contributed by atoms with Crippen LogP contribution in [0, 0.1) is 0 Å². The Morgan fingerprint density at radius 1 is 1.19 bits per heavy atom. The van der Waals surface area contributed by atoms with Crippen LogP contribution in [0.2, 0.25) is 0 Å². The molecule has 2 heterocycles. The summed E-state index contributed by atoms with van der Waals surface area (Å²) in [6.45, 7) is 2.35. The Morgan fingerprint density at radius 2 is 1.93 bits per heavy atom. The first-order valence-electron chi connectivity index (χ1n) is 8.95. The van der Waals surface area contributed by atoms with Gasteiger partial charge < -0.3 is 9.73 Å². The largest absolute Gasteiger partial charge is 0.472 e. The minimum absolute atomic E-state index is 0.0410. The molecule has 1 amide bonds. The third-order valence-corrected chi connectivity index (χ3v) is 7.28. The molecule has 1 aliphatic rings. The van der Waals surface area contributed by atoms with E-state index in [0.29, 0.717) is 6.54 Å². The van der Waals surface area contributed by atoms with Crippen LogP contribution in [0.4, 0.5) is 0 Å². The van der Waals surface area contributed by atoms with Gasteiger partial charge in [-0.15, -0.1) is 0 Å². The van der Waals surface area contributed by atoms with Crippen molar-refractivity contribution in [3.05, 3.63) is 54.5 Å². The molecule has 1 atom stereocenters. The van der Waals surface area contributed by atoms with Crippen LogP contribution in [-0.4, -0.2) is 56.1 Å². The number of hydrogen-bond donors (Lipinski definition) is 1. The summed E-state index contributed by atoms with van der Waals surface area (Å²) in [4.78, 5) is 14.8. The van der Waals surface area contributed by atoms with Gasteiger partial charge in [-0.05, 0) is 18.2 Å². The van der Waals surface area contributed by atoms with Crippen molar-refractivity contribution in [1.82, 2.24) is 10.2 Å². The summed E-state index contributed by atoms with van der Waals surface area (Å²) in [5.74, 6) is 1.68. The maximum absolute atomic E-state index is 12.3. The summed E-state index contributed by atoms with van der Waals surface area (Å²) >= 11 is 1.93. The number of thioether (sulfide) groups is 1. The van der Waals surface area contributed by atoms with Crippen molar-refractivity contribution in [2.45, 2.75) is 17.4 Å². The van der Waals surface area contributed by atoms with Crippen LogP contribution >= 0.6 is 11.8 Å². The van der Waals surface area contributed by atoms with Gasteiger partial charge in [0.15, 0.2) is 9.84 Å². The molecule has 8 heteroatoms. The smallest absolute Gasteiger partial charge is 0.221 e. The topological polar surface area (TPSA) is 79.6 Å². The molecule has 1 aromatic carbocycles. The molecule has 0 bridgehead atoms. The van der Waals surface area contributed by atoms with Gasteiger partial charge in [0.25, 0.3) is 0 Å². The monoisotopic (exact) mass is 408 g/mol. The minimum Gasteiger partial charge on any atom is -0.472 e. The molecule has 1 unspecified atom stereocenters. The van der Waals surface area contributed by atoms with E-state index < -0.39 is 9.84 Å². The van der Waals surface area contributed by atoms with Gasteiger partial charge in [-0.1, -0.05) is 18.2 Å². The fourth-order valence-electron chi connectivity index (χ4n) is 3.08. The van der Waals surface area contributed by atoms with Crippen LogP contribution in [-0.2, 0) is 14.6 Å². The Bertz CT molecular complexity index is 817. The fraction of sp³-hybridized carbons (Fsp3) is 0.421. The standard InChI is InChI=1S/C19H24N2O4S2/c22-19(7-13-27(23,24)17-4-2-1-3-5-17)20-14-18(16-6-10-25-15-16)21-8-11-26-12-9-21/h1-6,10,15,18H,7-9,11-14H2,(H,20,22). The number of carbonyl (C=O) groups is 1. The molecule has 1 aliphatic heterocycles. The molecule has 1 aromatic heterocycles. The molecule has 3 rings (SSSR count). The maximum Gasteiger partial charge on any atom is 0.221 e. The minimum atomic E-state index is -3.45. The molecule has 1 saturated heterocycles. The number of furan rings is 1. The molecule has 1 fully saturated rings. The summed E-state index contributed by atoms with van der Waals surface area (Å²) in [6, 6.07) is 10.2. The van der Waals surface area contributed by atoms with Gasteiger partial charge in [0.2, 0.25) is 5.91 Å². The van der Waals surface area contributed by atoms with Crippen LogP contribution in [0.15, 0.2) is 58.2 Å². The van der Waals surface area contributed by atoms with E-state index in [1.165, 1.54) is 0 Å². The van der Waals surface area contributed by atoms with Crippen molar-refractivity contribution in [2.75, 3.05) is 36.9 Å². The van der Waals surface area contributed by atoms with Crippen molar-refractivity contribution in [3.8, 4) is 0 Å². The first-order chi connectivity index (χ1) is 13.1. The van der Waals surface area contributed by atoms with Gasteiger partial charge in [-0.25, -0.2) is 8.42 Å². The maximum atomic E-state index is 12.3. The Hall–Kier alpha value is -1.77. The summed E-state index contributed by atoms with van der Waals surface area (Å²) in [6.07, 6.45) is 3.29. The molecule has 0 aliphatic carbocycles. The van der Waals surface area contributed by atoms with Gasteiger partial charge in [-0.3, -0.25) is 9.69 Å². The molecular weight excluding hydrogens is 384 g/mol. The van der Waals surface area contributed by atoms with Gasteiger partial charge in [0, 0.05) is 43.1 Å². The molecular formula is C19H24N2O4S2. The lowest BCUT2D eigenvalue weighted by Crippen LogP contribution is -2.42. The molecule has 0 saturated carbocycles. The predicted octanol–water partition coefficient (Wildman–Crippen LogP) is 2.35. The SMILES string of the molecule is O=C(CCS(=O)(=O)c1ccccc1)NCC(c1ccoc1)N1CCSCC1. The number of hydrogen-bond acceptors (Lipinski definition) is 6. The van der Waals surface area contributed by atoms with E-state index in [2.05, 4.69) is 10.2 Å². The lowest BCUT2D eigenvalue weighted by Gasteiger charge is -2.34. The van der Waals surface area contributed by atoms with E-state index in [1.807, 2.05) is 17.8 Å².